The fraction of sp³-hybridized carbons (Fsp3) is 0.350. The lowest BCUT2D eigenvalue weighted by atomic mass is 9.97. The van der Waals surface area contributed by atoms with Crippen LogP contribution in [0.5, 0.6) is 0 Å². The molecule has 6 nitrogen and oxygen atoms in total. The van der Waals surface area contributed by atoms with Gasteiger partial charge in [-0.2, -0.15) is 0 Å². The highest BCUT2D eigenvalue weighted by Crippen LogP contribution is 2.19. The van der Waals surface area contributed by atoms with Gasteiger partial charge < -0.3 is 14.5 Å². The van der Waals surface area contributed by atoms with Crippen LogP contribution in [0.25, 0.3) is 0 Å². The molecule has 0 saturated heterocycles. The molecule has 0 bridgehead atoms. The van der Waals surface area contributed by atoms with Crippen molar-refractivity contribution in [1.82, 2.24) is 24.4 Å². The first-order valence-corrected chi connectivity index (χ1v) is 9.11. The minimum absolute atomic E-state index is 0.0222. The lowest BCUT2D eigenvalue weighted by Gasteiger charge is -2.22. The molecule has 1 aliphatic rings. The van der Waals surface area contributed by atoms with Crippen LogP contribution in [-0.4, -0.2) is 31.6 Å². The highest BCUT2D eigenvalue weighted by atomic mass is 16.1. The fourth-order valence-electron chi connectivity index (χ4n) is 3.51. The highest BCUT2D eigenvalue weighted by molar-refractivity contribution is 5.78. The summed E-state index contributed by atoms with van der Waals surface area (Å²) in [5.74, 6) is 2.15. The fourth-order valence-corrected chi connectivity index (χ4v) is 3.51. The van der Waals surface area contributed by atoms with E-state index in [1.54, 1.807) is 0 Å². The molecule has 1 N–H and O–H groups in total. The van der Waals surface area contributed by atoms with Crippen molar-refractivity contribution in [1.29, 1.82) is 0 Å². The molecule has 0 fully saturated rings. The number of nitrogens with zero attached hydrogens (tertiary/aromatic N) is 4. The third-order valence-electron chi connectivity index (χ3n) is 4.97. The zero-order chi connectivity index (χ0) is 17.8. The lowest BCUT2D eigenvalue weighted by Crippen LogP contribution is -2.36. The predicted molar refractivity (Wildman–Crippen MR) is 98.5 cm³/mol. The molecule has 4 rings (SSSR count). The summed E-state index contributed by atoms with van der Waals surface area (Å²) < 4.78 is 4.27. The van der Waals surface area contributed by atoms with Crippen LogP contribution < -0.4 is 5.32 Å². The molecule has 1 aromatic carbocycles. The first-order chi connectivity index (χ1) is 12.8. The van der Waals surface area contributed by atoms with Crippen LogP contribution >= 0.6 is 0 Å². The van der Waals surface area contributed by atoms with Gasteiger partial charge in [-0.15, -0.1) is 0 Å². The molecule has 0 saturated carbocycles. The van der Waals surface area contributed by atoms with Gasteiger partial charge in [-0.1, -0.05) is 30.3 Å². The van der Waals surface area contributed by atoms with Crippen molar-refractivity contribution in [3.8, 4) is 0 Å². The van der Waals surface area contributed by atoms with E-state index in [1.165, 1.54) is 5.56 Å². The summed E-state index contributed by atoms with van der Waals surface area (Å²) in [4.78, 5) is 21.2. The van der Waals surface area contributed by atoms with Crippen molar-refractivity contribution >= 4 is 5.91 Å². The second kappa shape index (κ2) is 7.56. The van der Waals surface area contributed by atoms with Crippen molar-refractivity contribution in [2.45, 2.75) is 32.4 Å². The Balaban J connectivity index is 1.29. The molecule has 3 aromatic rings. The molecule has 0 spiro atoms. The highest BCUT2D eigenvalue weighted by Gasteiger charge is 2.24. The van der Waals surface area contributed by atoms with E-state index in [0.717, 1.165) is 44.0 Å². The Labute approximate surface area is 152 Å². The summed E-state index contributed by atoms with van der Waals surface area (Å²) in [6, 6.07) is 10.3. The standard InChI is InChI=1S/C20H23N5O/c26-20(17-7-11-24-12-9-22-19(24)14-17)23-8-6-18-21-10-13-25(18)15-16-4-2-1-3-5-16/h1-5,9-10,12-13,17H,6-8,11,14-15H2,(H,23,26)/t17-/m0/s1. The number of hydrogen-bond acceptors (Lipinski definition) is 3. The van der Waals surface area contributed by atoms with Crippen molar-refractivity contribution in [2.75, 3.05) is 6.54 Å². The van der Waals surface area contributed by atoms with Crippen LogP contribution in [0.4, 0.5) is 0 Å². The van der Waals surface area contributed by atoms with Crippen molar-refractivity contribution in [3.05, 3.63) is 72.3 Å². The third-order valence-corrected chi connectivity index (χ3v) is 4.97. The first kappa shape index (κ1) is 16.6. The molecule has 134 valence electrons. The van der Waals surface area contributed by atoms with E-state index >= 15 is 0 Å². The van der Waals surface area contributed by atoms with Crippen LogP contribution in [0.15, 0.2) is 55.1 Å². The Morgan fingerprint density at radius 1 is 1.15 bits per heavy atom. The molecule has 1 atom stereocenters. The molecule has 3 heterocycles. The Morgan fingerprint density at radius 2 is 2.00 bits per heavy atom. The van der Waals surface area contributed by atoms with E-state index in [2.05, 4.69) is 36.6 Å². The van der Waals surface area contributed by atoms with Gasteiger partial charge in [-0.05, 0) is 12.0 Å². The van der Waals surface area contributed by atoms with E-state index in [4.69, 9.17) is 0 Å². The molecule has 6 heteroatoms. The minimum atomic E-state index is 0.0222. The van der Waals surface area contributed by atoms with Crippen molar-refractivity contribution < 1.29 is 4.79 Å². The van der Waals surface area contributed by atoms with Crippen molar-refractivity contribution in [3.63, 3.8) is 0 Å². The molecular formula is C20H23N5O. The molecule has 1 aliphatic heterocycles. The number of amides is 1. The molecular weight excluding hydrogens is 326 g/mol. The zero-order valence-electron chi connectivity index (χ0n) is 14.7. The van der Waals surface area contributed by atoms with Gasteiger partial charge in [0.2, 0.25) is 5.91 Å². The normalized spacial score (nSPS) is 16.2. The maximum Gasteiger partial charge on any atom is 0.223 e. The lowest BCUT2D eigenvalue weighted by molar-refractivity contribution is -0.125. The minimum Gasteiger partial charge on any atom is -0.355 e. The smallest absolute Gasteiger partial charge is 0.223 e. The number of fused-ring (bicyclic) bond motifs is 1. The summed E-state index contributed by atoms with van der Waals surface area (Å²) >= 11 is 0. The molecule has 2 aromatic heterocycles. The molecule has 0 aliphatic carbocycles. The Morgan fingerprint density at radius 3 is 2.88 bits per heavy atom. The van der Waals surface area contributed by atoms with Crippen LogP contribution in [0.3, 0.4) is 0 Å². The van der Waals surface area contributed by atoms with E-state index < -0.39 is 0 Å². The summed E-state index contributed by atoms with van der Waals surface area (Å²) in [5.41, 5.74) is 1.24. The summed E-state index contributed by atoms with van der Waals surface area (Å²) in [7, 11) is 0. The van der Waals surface area contributed by atoms with Gasteiger partial charge in [-0.3, -0.25) is 4.79 Å². The topological polar surface area (TPSA) is 64.7 Å². The largest absolute Gasteiger partial charge is 0.355 e. The van der Waals surface area contributed by atoms with E-state index in [0.29, 0.717) is 6.54 Å². The van der Waals surface area contributed by atoms with Gasteiger partial charge in [-0.25, -0.2) is 9.97 Å². The van der Waals surface area contributed by atoms with Gasteiger partial charge in [0.15, 0.2) is 0 Å². The summed E-state index contributed by atoms with van der Waals surface area (Å²) in [6.45, 7) is 2.28. The maximum atomic E-state index is 12.5. The number of aryl methyl sites for hydroxylation is 1. The van der Waals surface area contributed by atoms with E-state index in [1.807, 2.05) is 43.0 Å². The predicted octanol–water partition coefficient (Wildman–Crippen LogP) is 2.05. The second-order valence-corrected chi connectivity index (χ2v) is 6.72. The van der Waals surface area contributed by atoms with Crippen LogP contribution in [0.2, 0.25) is 0 Å². The van der Waals surface area contributed by atoms with Crippen LogP contribution in [-0.2, 0) is 30.7 Å². The summed E-state index contributed by atoms with van der Waals surface area (Å²) in [6.07, 6.45) is 9.93. The van der Waals surface area contributed by atoms with Crippen LogP contribution in [0.1, 0.15) is 23.6 Å². The maximum absolute atomic E-state index is 12.5. The Hall–Kier alpha value is -2.89. The van der Waals surface area contributed by atoms with Gasteiger partial charge in [0.1, 0.15) is 11.6 Å². The first-order valence-electron chi connectivity index (χ1n) is 9.11. The zero-order valence-corrected chi connectivity index (χ0v) is 14.7. The van der Waals surface area contributed by atoms with Crippen LogP contribution in [0, 0.1) is 5.92 Å². The SMILES string of the molecule is O=C(NCCc1nccn1Cc1ccccc1)[C@H]1CCn2ccnc2C1. The number of carbonyl (C=O) groups is 1. The Kier molecular flexibility index (Phi) is 4.82. The number of nitrogens with one attached hydrogen (secondary N) is 1. The number of rotatable bonds is 6. The van der Waals surface area contributed by atoms with Gasteiger partial charge in [0.25, 0.3) is 0 Å². The van der Waals surface area contributed by atoms with Gasteiger partial charge in [0, 0.05) is 63.2 Å². The number of imidazole rings is 2. The third kappa shape index (κ3) is 3.69. The summed E-state index contributed by atoms with van der Waals surface area (Å²) in [5, 5.41) is 3.08. The van der Waals surface area contributed by atoms with Crippen molar-refractivity contribution in [2.24, 2.45) is 5.92 Å². The van der Waals surface area contributed by atoms with E-state index in [9.17, 15) is 4.79 Å². The molecule has 1 amide bonds. The number of hydrogen-bond donors (Lipinski definition) is 1. The Bertz CT molecular complexity index is 867. The van der Waals surface area contributed by atoms with E-state index in [-0.39, 0.29) is 11.8 Å². The molecule has 26 heavy (non-hydrogen) atoms. The number of benzene rings is 1. The second-order valence-electron chi connectivity index (χ2n) is 6.72. The van der Waals surface area contributed by atoms with Gasteiger partial charge in [0.05, 0.1) is 0 Å². The van der Waals surface area contributed by atoms with Gasteiger partial charge >= 0.3 is 0 Å². The monoisotopic (exact) mass is 349 g/mol. The number of aromatic nitrogens is 4. The number of carbonyl (C=O) groups excluding carboxylic acids is 1. The quantitative estimate of drug-likeness (QED) is 0.741. The molecule has 0 unspecified atom stereocenters. The molecule has 0 radical (unpaired) electrons. The average Bonchev–Trinajstić information content (AvgIpc) is 3.31. The average molecular weight is 349 g/mol.